The van der Waals surface area contributed by atoms with Crippen LogP contribution in [0.3, 0.4) is 0 Å². The Morgan fingerprint density at radius 3 is 3.12 bits per heavy atom. The number of rotatable bonds is 1. The van der Waals surface area contributed by atoms with Gasteiger partial charge in [-0.1, -0.05) is 11.6 Å². The summed E-state index contributed by atoms with van der Waals surface area (Å²) < 4.78 is 0. The molecular formula is C10H9ClN4O. The number of hydrogen-bond acceptors (Lipinski definition) is 4. The smallest absolute Gasteiger partial charge is 0.239 e. The molecule has 1 aromatic rings. The summed E-state index contributed by atoms with van der Waals surface area (Å²) >= 11 is 6.03. The predicted molar refractivity (Wildman–Crippen MR) is 59.2 cm³/mol. The number of aromatic nitrogens is 1. The van der Waals surface area contributed by atoms with E-state index >= 15 is 0 Å². The summed E-state index contributed by atoms with van der Waals surface area (Å²) in [5, 5.41) is 11.9. The molecule has 2 heterocycles. The highest BCUT2D eigenvalue weighted by Crippen LogP contribution is 2.26. The van der Waals surface area contributed by atoms with Gasteiger partial charge in [-0.25, -0.2) is 4.98 Å². The third kappa shape index (κ3) is 1.92. The molecule has 0 aliphatic carbocycles. The number of amides is 1. The largest absolute Gasteiger partial charge is 0.353 e. The Bertz CT molecular complexity index is 468. The van der Waals surface area contributed by atoms with Crippen LogP contribution in [0.25, 0.3) is 0 Å². The molecular weight excluding hydrogens is 228 g/mol. The Morgan fingerprint density at radius 2 is 2.44 bits per heavy atom. The zero-order valence-electron chi connectivity index (χ0n) is 8.40. The lowest BCUT2D eigenvalue weighted by Crippen LogP contribution is -2.48. The SMILES string of the molecule is N#Cc1ccnc(N2CCNC(=O)C2)c1Cl. The summed E-state index contributed by atoms with van der Waals surface area (Å²) in [4.78, 5) is 17.1. The number of halogens is 1. The first kappa shape index (κ1) is 10.7. The van der Waals surface area contributed by atoms with Crippen LogP contribution < -0.4 is 10.2 Å². The van der Waals surface area contributed by atoms with Crippen LogP contribution in [-0.2, 0) is 4.79 Å². The zero-order chi connectivity index (χ0) is 11.5. The van der Waals surface area contributed by atoms with Crippen LogP contribution in [0, 0.1) is 11.3 Å². The molecule has 0 spiro atoms. The summed E-state index contributed by atoms with van der Waals surface area (Å²) in [6.45, 7) is 1.43. The number of piperazine rings is 1. The zero-order valence-corrected chi connectivity index (χ0v) is 9.16. The number of nitrogens with one attached hydrogen (secondary N) is 1. The molecule has 0 atom stereocenters. The van der Waals surface area contributed by atoms with E-state index in [9.17, 15) is 4.79 Å². The molecule has 1 amide bonds. The average molecular weight is 237 g/mol. The van der Waals surface area contributed by atoms with E-state index in [1.165, 1.54) is 6.20 Å². The van der Waals surface area contributed by atoms with Gasteiger partial charge in [-0.05, 0) is 6.07 Å². The van der Waals surface area contributed by atoms with Crippen LogP contribution in [0.1, 0.15) is 5.56 Å². The first-order valence-corrected chi connectivity index (χ1v) is 5.16. The van der Waals surface area contributed by atoms with Gasteiger partial charge in [0.05, 0.1) is 12.1 Å². The molecule has 1 aliphatic heterocycles. The van der Waals surface area contributed by atoms with E-state index < -0.39 is 0 Å². The topological polar surface area (TPSA) is 69.0 Å². The van der Waals surface area contributed by atoms with Crippen molar-refractivity contribution in [2.45, 2.75) is 0 Å². The maximum absolute atomic E-state index is 11.2. The molecule has 1 fully saturated rings. The predicted octanol–water partition coefficient (Wildman–Crippen LogP) is 0.543. The maximum Gasteiger partial charge on any atom is 0.239 e. The van der Waals surface area contributed by atoms with Crippen LogP contribution in [0.4, 0.5) is 5.82 Å². The molecule has 82 valence electrons. The monoisotopic (exact) mass is 236 g/mol. The van der Waals surface area contributed by atoms with Gasteiger partial charge in [0.25, 0.3) is 0 Å². The van der Waals surface area contributed by atoms with Crippen LogP contribution in [0.15, 0.2) is 12.3 Å². The summed E-state index contributed by atoms with van der Waals surface area (Å²) in [7, 11) is 0. The first-order chi connectivity index (χ1) is 7.72. The van der Waals surface area contributed by atoms with Crippen molar-refractivity contribution in [3.8, 4) is 6.07 Å². The third-order valence-corrected chi connectivity index (χ3v) is 2.70. The van der Waals surface area contributed by atoms with E-state index in [0.717, 1.165) is 0 Å². The number of nitriles is 1. The molecule has 0 bridgehead atoms. The second kappa shape index (κ2) is 4.37. The fourth-order valence-corrected chi connectivity index (χ4v) is 1.83. The lowest BCUT2D eigenvalue weighted by molar-refractivity contribution is -0.120. The lowest BCUT2D eigenvalue weighted by Gasteiger charge is -2.28. The Hall–Kier alpha value is -1.80. The van der Waals surface area contributed by atoms with E-state index in [1.807, 2.05) is 6.07 Å². The lowest BCUT2D eigenvalue weighted by atomic mass is 10.2. The molecule has 1 saturated heterocycles. The molecule has 5 nitrogen and oxygen atoms in total. The Kier molecular flexibility index (Phi) is 2.93. The minimum atomic E-state index is -0.0634. The van der Waals surface area contributed by atoms with E-state index in [0.29, 0.717) is 29.5 Å². The highest BCUT2D eigenvalue weighted by molar-refractivity contribution is 6.34. The molecule has 0 saturated carbocycles. The molecule has 0 unspecified atom stereocenters. The molecule has 0 aromatic carbocycles. The number of hydrogen-bond donors (Lipinski definition) is 1. The highest BCUT2D eigenvalue weighted by Gasteiger charge is 2.20. The second-order valence-electron chi connectivity index (χ2n) is 3.38. The maximum atomic E-state index is 11.2. The molecule has 6 heteroatoms. The summed E-state index contributed by atoms with van der Waals surface area (Å²) in [6, 6.07) is 3.54. The van der Waals surface area contributed by atoms with Crippen molar-refractivity contribution in [1.82, 2.24) is 10.3 Å². The van der Waals surface area contributed by atoms with Gasteiger partial charge in [-0.15, -0.1) is 0 Å². The number of carbonyl (C=O) groups excluding carboxylic acids is 1. The highest BCUT2D eigenvalue weighted by atomic mass is 35.5. The van der Waals surface area contributed by atoms with Crippen molar-refractivity contribution in [1.29, 1.82) is 5.26 Å². The van der Waals surface area contributed by atoms with Crippen LogP contribution in [0.5, 0.6) is 0 Å². The van der Waals surface area contributed by atoms with Crippen LogP contribution in [0.2, 0.25) is 5.02 Å². The van der Waals surface area contributed by atoms with Gasteiger partial charge in [0.15, 0.2) is 0 Å². The van der Waals surface area contributed by atoms with Crippen molar-refractivity contribution in [3.05, 3.63) is 22.8 Å². The quantitative estimate of drug-likeness (QED) is 0.773. The average Bonchev–Trinajstić information content (AvgIpc) is 2.29. The van der Waals surface area contributed by atoms with E-state index in [4.69, 9.17) is 16.9 Å². The van der Waals surface area contributed by atoms with Gasteiger partial charge in [0.1, 0.15) is 16.9 Å². The van der Waals surface area contributed by atoms with Crippen LogP contribution in [-0.4, -0.2) is 30.5 Å². The van der Waals surface area contributed by atoms with E-state index in [2.05, 4.69) is 10.3 Å². The van der Waals surface area contributed by atoms with Gasteiger partial charge in [0, 0.05) is 19.3 Å². The standard InChI is InChI=1S/C10H9ClN4O/c11-9-7(5-12)1-2-14-10(9)15-4-3-13-8(16)6-15/h1-2H,3-4,6H2,(H,13,16). The molecule has 0 radical (unpaired) electrons. The molecule has 16 heavy (non-hydrogen) atoms. The van der Waals surface area contributed by atoms with Crippen molar-refractivity contribution in [2.75, 3.05) is 24.5 Å². The number of pyridine rings is 1. The summed E-state index contributed by atoms with van der Waals surface area (Å²) in [5.41, 5.74) is 0.373. The number of anilines is 1. The minimum Gasteiger partial charge on any atom is -0.353 e. The van der Waals surface area contributed by atoms with Crippen molar-refractivity contribution < 1.29 is 4.79 Å². The van der Waals surface area contributed by atoms with Crippen molar-refractivity contribution >= 4 is 23.3 Å². The molecule has 1 aliphatic rings. The van der Waals surface area contributed by atoms with Crippen LogP contribution >= 0.6 is 11.6 Å². The number of carbonyl (C=O) groups is 1. The summed E-state index contributed by atoms with van der Waals surface area (Å²) in [5.74, 6) is 0.432. The Morgan fingerprint density at radius 1 is 1.62 bits per heavy atom. The molecule has 1 aromatic heterocycles. The minimum absolute atomic E-state index is 0.0634. The van der Waals surface area contributed by atoms with E-state index in [-0.39, 0.29) is 12.5 Å². The Labute approximate surface area is 97.6 Å². The normalized spacial score (nSPS) is 15.5. The fourth-order valence-electron chi connectivity index (χ4n) is 1.56. The summed E-state index contributed by atoms with van der Waals surface area (Å²) in [6.07, 6.45) is 1.52. The Balaban J connectivity index is 2.33. The van der Waals surface area contributed by atoms with Gasteiger partial charge in [-0.2, -0.15) is 5.26 Å². The third-order valence-electron chi connectivity index (χ3n) is 2.33. The van der Waals surface area contributed by atoms with Gasteiger partial charge >= 0.3 is 0 Å². The van der Waals surface area contributed by atoms with Crippen molar-refractivity contribution in [3.63, 3.8) is 0 Å². The van der Waals surface area contributed by atoms with Crippen molar-refractivity contribution in [2.24, 2.45) is 0 Å². The molecule has 2 rings (SSSR count). The van der Waals surface area contributed by atoms with Gasteiger partial charge < -0.3 is 10.2 Å². The fraction of sp³-hybridized carbons (Fsp3) is 0.300. The van der Waals surface area contributed by atoms with E-state index in [1.54, 1.807) is 11.0 Å². The first-order valence-electron chi connectivity index (χ1n) is 4.78. The molecule has 1 N–H and O–H groups in total. The number of nitrogens with zero attached hydrogens (tertiary/aromatic N) is 3. The van der Waals surface area contributed by atoms with Gasteiger partial charge in [-0.3, -0.25) is 4.79 Å². The van der Waals surface area contributed by atoms with Gasteiger partial charge in [0.2, 0.25) is 5.91 Å². The second-order valence-corrected chi connectivity index (χ2v) is 3.76.